The van der Waals surface area contributed by atoms with E-state index in [9.17, 15) is 0 Å². The zero-order valence-corrected chi connectivity index (χ0v) is 11.2. The number of methoxy groups -OCH3 is 1. The van der Waals surface area contributed by atoms with E-state index in [1.807, 2.05) is 28.9 Å². The van der Waals surface area contributed by atoms with Crippen LogP contribution in [0.5, 0.6) is 5.75 Å². The summed E-state index contributed by atoms with van der Waals surface area (Å²) >= 11 is 0. The number of ether oxygens (including phenoxy) is 1. The Kier molecular flexibility index (Phi) is 2.98. The Morgan fingerprint density at radius 3 is 3.05 bits per heavy atom. The second-order valence-corrected chi connectivity index (χ2v) is 5.16. The molecule has 5 heteroatoms. The Bertz CT molecular complexity index is 593. The lowest BCUT2D eigenvalue weighted by Gasteiger charge is -2.23. The van der Waals surface area contributed by atoms with Gasteiger partial charge in [0.25, 0.3) is 0 Å². The smallest absolute Gasteiger partial charge is 0.181 e. The fourth-order valence-electron chi connectivity index (χ4n) is 2.56. The monoisotopic (exact) mass is 258 g/mol. The van der Waals surface area contributed by atoms with E-state index in [1.54, 1.807) is 7.11 Å². The summed E-state index contributed by atoms with van der Waals surface area (Å²) < 4.78 is 7.17. The van der Waals surface area contributed by atoms with Crippen molar-refractivity contribution in [3.63, 3.8) is 0 Å². The van der Waals surface area contributed by atoms with Crippen molar-refractivity contribution >= 4 is 0 Å². The summed E-state index contributed by atoms with van der Waals surface area (Å²) in [6, 6.07) is 7.76. The summed E-state index contributed by atoms with van der Waals surface area (Å²) in [4.78, 5) is 4.58. The zero-order chi connectivity index (χ0) is 13.4. The Hall–Kier alpha value is -1.88. The van der Waals surface area contributed by atoms with Crippen LogP contribution >= 0.6 is 0 Å². The summed E-state index contributed by atoms with van der Waals surface area (Å²) in [7, 11) is 1.66. The zero-order valence-electron chi connectivity index (χ0n) is 11.2. The number of benzene rings is 1. The van der Waals surface area contributed by atoms with E-state index in [0.717, 1.165) is 35.9 Å². The molecule has 0 radical (unpaired) electrons. The molecular formula is C14H18N4O. The van der Waals surface area contributed by atoms with Gasteiger partial charge in [-0.05, 0) is 24.5 Å². The number of fused-ring (bicyclic) bond motifs is 1. The van der Waals surface area contributed by atoms with E-state index in [1.165, 1.54) is 0 Å². The predicted molar refractivity (Wildman–Crippen MR) is 72.7 cm³/mol. The highest BCUT2D eigenvalue weighted by atomic mass is 16.5. The van der Waals surface area contributed by atoms with E-state index in [-0.39, 0.29) is 6.04 Å². The summed E-state index contributed by atoms with van der Waals surface area (Å²) in [6.45, 7) is 3.08. The fraction of sp³-hybridized carbons (Fsp3) is 0.429. The average molecular weight is 258 g/mol. The molecule has 2 N–H and O–H groups in total. The minimum Gasteiger partial charge on any atom is -0.497 e. The van der Waals surface area contributed by atoms with Gasteiger partial charge in [0.05, 0.1) is 13.2 Å². The lowest BCUT2D eigenvalue weighted by molar-refractivity contribution is 0.325. The van der Waals surface area contributed by atoms with Crippen molar-refractivity contribution in [2.45, 2.75) is 25.9 Å². The highest BCUT2D eigenvalue weighted by Gasteiger charge is 2.25. The second-order valence-electron chi connectivity index (χ2n) is 5.16. The molecule has 1 aromatic carbocycles. The van der Waals surface area contributed by atoms with Crippen molar-refractivity contribution in [2.75, 3.05) is 7.11 Å². The van der Waals surface area contributed by atoms with Crippen molar-refractivity contribution < 1.29 is 4.74 Å². The number of nitrogens with zero attached hydrogens (tertiary/aromatic N) is 3. The molecule has 2 aromatic rings. The number of aromatic nitrogens is 3. The van der Waals surface area contributed by atoms with Crippen molar-refractivity contribution in [2.24, 2.45) is 11.7 Å². The Labute approximate surface area is 112 Å². The third-order valence-corrected chi connectivity index (χ3v) is 3.50. The molecule has 0 saturated heterocycles. The molecule has 2 atom stereocenters. The SMILES string of the molecule is COc1cccc(-c2nc3n(n2)CC(C)CC3N)c1. The summed E-state index contributed by atoms with van der Waals surface area (Å²) in [5.41, 5.74) is 7.10. The van der Waals surface area contributed by atoms with Crippen LogP contribution in [-0.4, -0.2) is 21.9 Å². The molecule has 2 heterocycles. The molecule has 0 aliphatic carbocycles. The van der Waals surface area contributed by atoms with Gasteiger partial charge in [-0.3, -0.25) is 0 Å². The molecule has 0 fully saturated rings. The second kappa shape index (κ2) is 4.66. The molecule has 1 aromatic heterocycles. The van der Waals surface area contributed by atoms with E-state index < -0.39 is 0 Å². The van der Waals surface area contributed by atoms with Crippen LogP contribution in [0.15, 0.2) is 24.3 Å². The minimum atomic E-state index is -0.0180. The lowest BCUT2D eigenvalue weighted by Crippen LogP contribution is -2.27. The van der Waals surface area contributed by atoms with Gasteiger partial charge in [-0.15, -0.1) is 0 Å². The lowest BCUT2D eigenvalue weighted by atomic mass is 9.98. The molecule has 3 rings (SSSR count). The fourth-order valence-corrected chi connectivity index (χ4v) is 2.56. The van der Waals surface area contributed by atoms with Gasteiger partial charge in [0, 0.05) is 12.1 Å². The summed E-state index contributed by atoms with van der Waals surface area (Å²) in [5, 5.41) is 4.57. The van der Waals surface area contributed by atoms with Crippen molar-refractivity contribution in [3.8, 4) is 17.1 Å². The molecule has 19 heavy (non-hydrogen) atoms. The standard InChI is InChI=1S/C14H18N4O/c1-9-6-12(15)14-16-13(17-18(14)8-9)10-4-3-5-11(7-10)19-2/h3-5,7,9,12H,6,8,15H2,1-2H3. The molecule has 0 saturated carbocycles. The Morgan fingerprint density at radius 2 is 2.26 bits per heavy atom. The highest BCUT2D eigenvalue weighted by Crippen LogP contribution is 2.28. The molecule has 5 nitrogen and oxygen atoms in total. The van der Waals surface area contributed by atoms with Crippen LogP contribution < -0.4 is 10.5 Å². The van der Waals surface area contributed by atoms with Gasteiger partial charge < -0.3 is 10.5 Å². The number of nitrogens with two attached hydrogens (primary N) is 1. The first kappa shape index (κ1) is 12.2. The van der Waals surface area contributed by atoms with Crippen LogP contribution in [0.4, 0.5) is 0 Å². The highest BCUT2D eigenvalue weighted by molar-refractivity contribution is 5.57. The number of rotatable bonds is 2. The van der Waals surface area contributed by atoms with E-state index >= 15 is 0 Å². The van der Waals surface area contributed by atoms with Gasteiger partial charge in [0.15, 0.2) is 5.82 Å². The van der Waals surface area contributed by atoms with Gasteiger partial charge in [-0.2, -0.15) is 5.10 Å². The summed E-state index contributed by atoms with van der Waals surface area (Å²) in [6.07, 6.45) is 0.968. The molecule has 0 amide bonds. The van der Waals surface area contributed by atoms with Crippen molar-refractivity contribution in [1.29, 1.82) is 0 Å². The minimum absolute atomic E-state index is 0.0180. The molecule has 1 aliphatic heterocycles. The normalized spacial score (nSPS) is 22.1. The molecule has 1 aliphatic rings. The third kappa shape index (κ3) is 2.21. The van der Waals surface area contributed by atoms with Crippen LogP contribution in [0.2, 0.25) is 0 Å². The van der Waals surface area contributed by atoms with Crippen LogP contribution in [0.25, 0.3) is 11.4 Å². The van der Waals surface area contributed by atoms with Crippen molar-refractivity contribution in [1.82, 2.24) is 14.8 Å². The number of hydrogen-bond acceptors (Lipinski definition) is 4. The average Bonchev–Trinajstić information content (AvgIpc) is 2.83. The molecule has 0 spiro atoms. The first-order valence-corrected chi connectivity index (χ1v) is 6.52. The number of hydrogen-bond donors (Lipinski definition) is 1. The van der Waals surface area contributed by atoms with E-state index in [2.05, 4.69) is 17.0 Å². The first-order chi connectivity index (χ1) is 9.17. The van der Waals surface area contributed by atoms with Gasteiger partial charge in [0.2, 0.25) is 0 Å². The third-order valence-electron chi connectivity index (χ3n) is 3.50. The van der Waals surface area contributed by atoms with Crippen LogP contribution in [0, 0.1) is 5.92 Å². The van der Waals surface area contributed by atoms with Crippen LogP contribution in [-0.2, 0) is 6.54 Å². The van der Waals surface area contributed by atoms with Gasteiger partial charge in [-0.25, -0.2) is 9.67 Å². The quantitative estimate of drug-likeness (QED) is 0.894. The van der Waals surface area contributed by atoms with Gasteiger partial charge in [-0.1, -0.05) is 19.1 Å². The molecular weight excluding hydrogens is 240 g/mol. The predicted octanol–water partition coefficient (Wildman–Crippen LogP) is 1.99. The first-order valence-electron chi connectivity index (χ1n) is 6.52. The van der Waals surface area contributed by atoms with E-state index in [0.29, 0.717) is 5.92 Å². The van der Waals surface area contributed by atoms with Gasteiger partial charge in [0.1, 0.15) is 11.6 Å². The molecule has 2 unspecified atom stereocenters. The van der Waals surface area contributed by atoms with Crippen LogP contribution in [0.3, 0.4) is 0 Å². The largest absolute Gasteiger partial charge is 0.497 e. The molecule has 100 valence electrons. The Balaban J connectivity index is 2.00. The maximum absolute atomic E-state index is 6.14. The van der Waals surface area contributed by atoms with Gasteiger partial charge >= 0.3 is 0 Å². The van der Waals surface area contributed by atoms with E-state index in [4.69, 9.17) is 10.5 Å². The van der Waals surface area contributed by atoms with Crippen LogP contribution in [0.1, 0.15) is 25.2 Å². The Morgan fingerprint density at radius 1 is 1.42 bits per heavy atom. The summed E-state index contributed by atoms with van der Waals surface area (Å²) in [5.74, 6) is 2.96. The topological polar surface area (TPSA) is 66.0 Å². The van der Waals surface area contributed by atoms with Crippen molar-refractivity contribution in [3.05, 3.63) is 30.1 Å². The molecule has 0 bridgehead atoms. The maximum Gasteiger partial charge on any atom is 0.181 e. The maximum atomic E-state index is 6.14.